The maximum atomic E-state index is 13.7. The molecule has 2 aromatic carbocycles. The number of halogens is 1. The molecule has 0 saturated carbocycles. The van der Waals surface area contributed by atoms with E-state index < -0.39 is 26.5 Å². The van der Waals surface area contributed by atoms with Crippen LogP contribution in [0.15, 0.2) is 48.5 Å². The molecule has 2 unspecified atom stereocenters. The van der Waals surface area contributed by atoms with Crippen LogP contribution in [0.25, 0.3) is 22.4 Å². The summed E-state index contributed by atoms with van der Waals surface area (Å²) in [5.41, 5.74) is 7.44. The summed E-state index contributed by atoms with van der Waals surface area (Å²) in [6.07, 6.45) is -1.35. The van der Waals surface area contributed by atoms with Crippen LogP contribution in [0.2, 0.25) is 0 Å². The van der Waals surface area contributed by atoms with E-state index >= 15 is 0 Å². The number of aliphatic hydroxyl groups is 1. The van der Waals surface area contributed by atoms with Crippen LogP contribution in [-0.2, 0) is 20.3 Å². The Morgan fingerprint density at radius 3 is 2.61 bits per heavy atom. The van der Waals surface area contributed by atoms with Gasteiger partial charge in [0.1, 0.15) is 11.9 Å². The highest BCUT2D eigenvalue weighted by molar-refractivity contribution is 7.39. The maximum Gasteiger partial charge on any atom is 0.511 e. The van der Waals surface area contributed by atoms with Crippen molar-refractivity contribution in [1.29, 1.82) is 0 Å². The lowest BCUT2D eigenvalue weighted by Gasteiger charge is -2.18. The maximum absolute atomic E-state index is 13.7. The van der Waals surface area contributed by atoms with E-state index in [4.69, 9.17) is 14.6 Å². The summed E-state index contributed by atoms with van der Waals surface area (Å²) < 4.78 is 31.1. The largest absolute Gasteiger partial charge is 0.511 e. The first kappa shape index (κ1) is 25.7. The number of carboxylic acid groups (broad SMARTS) is 1. The van der Waals surface area contributed by atoms with Gasteiger partial charge in [-0.3, -0.25) is 9.78 Å². The molecule has 3 aromatic rings. The molecule has 1 aromatic heterocycles. The highest BCUT2D eigenvalue weighted by Gasteiger charge is 2.28. The Labute approximate surface area is 210 Å². The molecule has 184 valence electrons. The van der Waals surface area contributed by atoms with Crippen molar-refractivity contribution in [2.45, 2.75) is 38.7 Å². The third-order valence-corrected chi connectivity index (χ3v) is 7.05. The van der Waals surface area contributed by atoms with Crippen molar-refractivity contribution in [3.8, 4) is 34.2 Å². The molecule has 0 fully saturated rings. The second-order valence-electron chi connectivity index (χ2n) is 8.91. The van der Waals surface area contributed by atoms with Gasteiger partial charge in [0.25, 0.3) is 0 Å². The van der Waals surface area contributed by atoms with Crippen LogP contribution < -0.4 is 0 Å². The Kier molecular flexibility index (Phi) is 7.91. The Morgan fingerprint density at radius 1 is 1.19 bits per heavy atom. The molecule has 0 saturated heterocycles. The molecule has 8 heteroatoms. The van der Waals surface area contributed by atoms with Gasteiger partial charge in [0.15, 0.2) is 6.61 Å². The zero-order chi connectivity index (χ0) is 25.8. The van der Waals surface area contributed by atoms with E-state index in [1.54, 1.807) is 12.1 Å². The number of aliphatic carboxylic acids is 1. The number of carbonyl (C=O) groups is 1. The lowest BCUT2D eigenvalue weighted by Crippen LogP contribution is -2.15. The van der Waals surface area contributed by atoms with E-state index in [-0.39, 0.29) is 24.5 Å². The van der Waals surface area contributed by atoms with Gasteiger partial charge in [-0.25, -0.2) is 4.39 Å². The lowest BCUT2D eigenvalue weighted by atomic mass is 9.89. The van der Waals surface area contributed by atoms with Gasteiger partial charge in [-0.1, -0.05) is 62.1 Å². The molecule has 4 rings (SSSR count). The quantitative estimate of drug-likeness (QED) is 0.241. The molecule has 0 amide bonds. The van der Waals surface area contributed by atoms with Crippen molar-refractivity contribution in [2.75, 3.05) is 12.8 Å². The molecule has 1 aliphatic rings. The van der Waals surface area contributed by atoms with Gasteiger partial charge in [-0.2, -0.15) is 0 Å². The highest BCUT2D eigenvalue weighted by Crippen LogP contribution is 2.43. The minimum Gasteiger partial charge on any atom is -0.481 e. The number of rotatable bonds is 8. The van der Waals surface area contributed by atoms with Crippen molar-refractivity contribution >= 4 is 14.0 Å². The van der Waals surface area contributed by atoms with Gasteiger partial charge < -0.3 is 10.2 Å². The highest BCUT2D eigenvalue weighted by atomic mass is 31.1. The molecule has 0 bridgehead atoms. The number of benzene rings is 2. The Balaban J connectivity index is 1.71. The fourth-order valence-corrected chi connectivity index (χ4v) is 5.12. The Morgan fingerprint density at radius 2 is 1.92 bits per heavy atom. The summed E-state index contributed by atoms with van der Waals surface area (Å²) in [5, 5.41) is 18.4. The van der Waals surface area contributed by atoms with E-state index in [0.717, 1.165) is 33.6 Å². The molecule has 0 spiro atoms. The summed E-state index contributed by atoms with van der Waals surface area (Å²) in [7, 11) is -2.27. The third kappa shape index (κ3) is 5.68. The van der Waals surface area contributed by atoms with Crippen molar-refractivity contribution in [3.05, 3.63) is 76.7 Å². The predicted octanol–water partition coefficient (Wildman–Crippen LogP) is 5.53. The van der Waals surface area contributed by atoms with Crippen molar-refractivity contribution in [3.63, 3.8) is 0 Å². The van der Waals surface area contributed by atoms with Gasteiger partial charge in [-0.05, 0) is 39.3 Å². The molecule has 2 N–H and O–H groups in total. The molecular weight excluding hydrogens is 480 g/mol. The summed E-state index contributed by atoms with van der Waals surface area (Å²) in [5.74, 6) is 4.61. The average Bonchev–Trinajstić information content (AvgIpc) is 3.19. The topological polar surface area (TPSA) is 96.7 Å². The number of hydrogen-bond acceptors (Lipinski definition) is 5. The van der Waals surface area contributed by atoms with Gasteiger partial charge >= 0.3 is 14.0 Å². The lowest BCUT2D eigenvalue weighted by molar-refractivity contribution is -0.138. The summed E-state index contributed by atoms with van der Waals surface area (Å²) in [6.45, 7) is 3.91. The number of pyridine rings is 1. The third-order valence-electron chi connectivity index (χ3n) is 5.91. The standard InChI is InChI=1S/C28H25FNO5P/c1-17(2)27-23(8-5-13-35-36(34)16-21(31)15-25(32)33)26(18-9-11-20(29)12-10-18)24-14-19-6-3-4-7-22(19)28(24)30-27/h3-4,6-7,9-12,17,21,31H,13-16H2,1-2H3/p+1. The van der Waals surface area contributed by atoms with Crippen LogP contribution in [0.5, 0.6) is 0 Å². The molecule has 36 heavy (non-hydrogen) atoms. The second-order valence-corrected chi connectivity index (χ2v) is 10.2. The molecule has 0 aliphatic heterocycles. The van der Waals surface area contributed by atoms with Crippen LogP contribution >= 0.6 is 8.03 Å². The summed E-state index contributed by atoms with van der Waals surface area (Å²) >= 11 is 0. The molecule has 1 aliphatic carbocycles. The van der Waals surface area contributed by atoms with Gasteiger partial charge in [0.05, 0.1) is 23.4 Å². The van der Waals surface area contributed by atoms with Crippen LogP contribution in [0.3, 0.4) is 0 Å². The minimum absolute atomic E-state index is 0.0512. The zero-order valence-electron chi connectivity index (χ0n) is 20.0. The van der Waals surface area contributed by atoms with Crippen molar-refractivity contribution in [2.24, 2.45) is 0 Å². The zero-order valence-corrected chi connectivity index (χ0v) is 20.9. The summed E-state index contributed by atoms with van der Waals surface area (Å²) in [6, 6.07) is 14.4. The number of aliphatic hydroxyl groups excluding tert-OH is 1. The first-order chi connectivity index (χ1) is 17.2. The van der Waals surface area contributed by atoms with E-state index in [1.807, 2.05) is 26.0 Å². The number of aromatic nitrogens is 1. The number of hydrogen-bond donors (Lipinski definition) is 2. The second kappa shape index (κ2) is 11.1. The van der Waals surface area contributed by atoms with Crippen LogP contribution in [0, 0.1) is 17.7 Å². The average molecular weight is 506 g/mol. The molecule has 0 radical (unpaired) electrons. The minimum atomic E-state index is -2.27. The van der Waals surface area contributed by atoms with Crippen molar-refractivity contribution in [1.82, 2.24) is 4.98 Å². The van der Waals surface area contributed by atoms with E-state index in [2.05, 4.69) is 24.0 Å². The first-order valence-electron chi connectivity index (χ1n) is 11.6. The van der Waals surface area contributed by atoms with Crippen LogP contribution in [-0.4, -0.2) is 40.0 Å². The van der Waals surface area contributed by atoms with Gasteiger partial charge in [0.2, 0.25) is 6.16 Å². The first-order valence-corrected chi connectivity index (χ1v) is 13.0. The fraction of sp³-hybridized carbons (Fsp3) is 0.286. The SMILES string of the molecule is CC(C)c1nc2c(c(-c3ccc(F)cc3)c1C#CCO[P+](=O)CC(O)CC(=O)O)Cc1ccccc1-2. The number of fused-ring (bicyclic) bond motifs is 3. The molecule has 2 atom stereocenters. The van der Waals surface area contributed by atoms with Crippen LogP contribution in [0.4, 0.5) is 4.39 Å². The monoisotopic (exact) mass is 506 g/mol. The molecule has 1 heterocycles. The predicted molar refractivity (Wildman–Crippen MR) is 136 cm³/mol. The normalized spacial score (nSPS) is 13.0. The summed E-state index contributed by atoms with van der Waals surface area (Å²) in [4.78, 5) is 15.7. The number of nitrogens with zero attached hydrogens (tertiary/aromatic N) is 1. The van der Waals surface area contributed by atoms with Gasteiger partial charge in [-0.15, -0.1) is 4.52 Å². The van der Waals surface area contributed by atoms with Crippen molar-refractivity contribution < 1.29 is 28.5 Å². The van der Waals surface area contributed by atoms with E-state index in [9.17, 15) is 18.9 Å². The smallest absolute Gasteiger partial charge is 0.481 e. The van der Waals surface area contributed by atoms with E-state index in [1.165, 1.54) is 17.7 Å². The van der Waals surface area contributed by atoms with Gasteiger partial charge in [0, 0.05) is 17.5 Å². The Bertz CT molecular complexity index is 1380. The molecular formula is C28H26FNO5P+. The van der Waals surface area contributed by atoms with Crippen LogP contribution in [0.1, 0.15) is 48.6 Å². The fourth-order valence-electron chi connectivity index (χ4n) is 4.33. The van der Waals surface area contributed by atoms with E-state index in [0.29, 0.717) is 12.0 Å². The Hall–Kier alpha value is -3.43. The molecule has 6 nitrogen and oxygen atoms in total. The number of carboxylic acids is 1.